The highest BCUT2D eigenvalue weighted by atomic mass is 16.5. The van der Waals surface area contributed by atoms with Crippen LogP contribution in [-0.4, -0.2) is 103 Å². The van der Waals surface area contributed by atoms with E-state index in [1.54, 1.807) is 39.2 Å². The van der Waals surface area contributed by atoms with Gasteiger partial charge in [0.25, 0.3) is 0 Å². The number of methoxy groups -OCH3 is 1. The first-order valence-corrected chi connectivity index (χ1v) is 43.5. The van der Waals surface area contributed by atoms with Crippen molar-refractivity contribution >= 4 is 0 Å². The highest BCUT2D eigenvalue weighted by Crippen LogP contribution is 2.61. The summed E-state index contributed by atoms with van der Waals surface area (Å²) in [6.07, 6.45) is 52.6. The van der Waals surface area contributed by atoms with Crippen molar-refractivity contribution in [3.63, 3.8) is 0 Å². The minimum absolute atomic E-state index is 0.351. The van der Waals surface area contributed by atoms with E-state index in [1.165, 1.54) is 186 Å². The molecule has 0 saturated heterocycles. The fourth-order valence-electron chi connectivity index (χ4n) is 25.1. The first kappa shape index (κ1) is 82.3. The molecule has 7 atom stereocenters. The maximum atomic E-state index is 6.04. The summed E-state index contributed by atoms with van der Waals surface area (Å²) in [5, 5.41) is 0. The van der Waals surface area contributed by atoms with Crippen LogP contribution in [0.2, 0.25) is 0 Å². The second kappa shape index (κ2) is 41.5. The van der Waals surface area contributed by atoms with Crippen molar-refractivity contribution in [1.82, 2.24) is 0 Å². The third-order valence-corrected chi connectivity index (χ3v) is 29.1. The van der Waals surface area contributed by atoms with Crippen molar-refractivity contribution in [2.24, 2.45) is 136 Å². The second-order valence-electron chi connectivity index (χ2n) is 37.5. The molecule has 8 nitrogen and oxygen atoms in total. The fourth-order valence-corrected chi connectivity index (χ4v) is 25.1. The van der Waals surface area contributed by atoms with Gasteiger partial charge in [0.2, 0.25) is 0 Å². The molecule has 0 aromatic carbocycles. The molecule has 8 heteroatoms. The standard InChI is InChI=1S/C14H26O.2C13H22O.2C12H20O.C12H24O.C7H16O.C6H14O/c1-2-15-14-10-6-9-13(11-14)12-7-4-3-5-8-12;1-2-14-9-13-6-10-3-11(7-13)5-12(4-10)8-13;1-2-14-8-13-11-4-9-3-10(6-11)7-12(13)5-9;1-2-13-12-6-9-3-10(7-12)5-11(4-9)8-12;1-2-13-12-10-4-8-3-9(6-10)7-11(12)5-8;1-5-13-12-8-10(4)6-7-11(12)9(2)3;1-5-8-7(4)6(2)3;1-5(2)6(3)7-4/h12-14H,2-11H2,1H3;10-12H,2-9H2,1H3;9-13H,2-8H2,1H3;9-11H,2-8H2,1H3;8-12H,2-7H2,1H3;9-12H,5-8H2,1-4H3;6-7H,5H2,1-4H3;5-6H,1-4H3. The van der Waals surface area contributed by atoms with Crippen LogP contribution in [0.5, 0.6) is 0 Å². The minimum Gasteiger partial charge on any atom is -0.381 e. The Morgan fingerprint density at radius 1 is 0.371 bits per heavy atom. The van der Waals surface area contributed by atoms with E-state index in [0.29, 0.717) is 53.4 Å². The lowest BCUT2D eigenvalue weighted by molar-refractivity contribution is -0.159. The van der Waals surface area contributed by atoms with E-state index in [2.05, 4.69) is 104 Å². The van der Waals surface area contributed by atoms with Crippen LogP contribution < -0.4 is 0 Å². The van der Waals surface area contributed by atoms with Gasteiger partial charge in [0.15, 0.2) is 0 Å². The van der Waals surface area contributed by atoms with E-state index in [4.69, 9.17) is 37.9 Å². The van der Waals surface area contributed by atoms with Crippen LogP contribution in [-0.2, 0) is 37.9 Å². The topological polar surface area (TPSA) is 73.8 Å². The largest absolute Gasteiger partial charge is 0.381 e. The minimum atomic E-state index is 0.351. The molecule has 0 aromatic heterocycles. The van der Waals surface area contributed by atoms with Gasteiger partial charge in [-0.15, -0.1) is 0 Å². The summed E-state index contributed by atoms with van der Waals surface area (Å²) in [7, 11) is 1.74. The molecule has 0 heterocycles. The average molecular weight is 1360 g/mol. The molecule has 19 saturated carbocycles. The van der Waals surface area contributed by atoms with E-state index in [1.807, 2.05) is 6.92 Å². The molecule has 0 aliphatic heterocycles. The molecule has 19 rings (SSSR count). The van der Waals surface area contributed by atoms with E-state index in [-0.39, 0.29) is 0 Å². The summed E-state index contributed by atoms with van der Waals surface area (Å²) in [6, 6.07) is 0. The summed E-state index contributed by atoms with van der Waals surface area (Å²) in [5.41, 5.74) is 0.980. The van der Waals surface area contributed by atoms with Gasteiger partial charge in [-0.05, 0) is 371 Å². The van der Waals surface area contributed by atoms with Gasteiger partial charge in [0, 0.05) is 60.0 Å². The zero-order valence-corrected chi connectivity index (χ0v) is 67.3. The van der Waals surface area contributed by atoms with Crippen molar-refractivity contribution in [2.75, 3.05) is 66.6 Å². The highest BCUT2D eigenvalue weighted by Gasteiger charge is 2.54. The Kier molecular flexibility index (Phi) is 35.3. The lowest BCUT2D eigenvalue weighted by Crippen LogP contribution is -2.51. The zero-order chi connectivity index (χ0) is 69.7. The third kappa shape index (κ3) is 24.9. The molecule has 0 spiro atoms. The van der Waals surface area contributed by atoms with Crippen LogP contribution in [0.25, 0.3) is 0 Å². The molecular weight excluding hydrogens is 1200 g/mol. The molecule has 16 bridgehead atoms. The number of ether oxygens (including phenoxy) is 8. The monoisotopic (exact) mass is 1360 g/mol. The molecule has 19 aliphatic rings. The Morgan fingerprint density at radius 2 is 0.835 bits per heavy atom. The van der Waals surface area contributed by atoms with Crippen molar-refractivity contribution in [3.8, 4) is 0 Å². The first-order chi connectivity index (χ1) is 46.7. The average Bonchev–Trinajstić information content (AvgIpc) is 0.775. The first-order valence-electron chi connectivity index (χ1n) is 43.5. The number of hydrogen-bond acceptors (Lipinski definition) is 8. The van der Waals surface area contributed by atoms with Crippen LogP contribution >= 0.6 is 0 Å². The quantitative estimate of drug-likeness (QED) is 0.113. The van der Waals surface area contributed by atoms with E-state index < -0.39 is 0 Å². The van der Waals surface area contributed by atoms with E-state index in [9.17, 15) is 0 Å². The van der Waals surface area contributed by atoms with Crippen LogP contribution in [0.1, 0.15) is 329 Å². The van der Waals surface area contributed by atoms with Crippen LogP contribution in [0, 0.1) is 136 Å². The summed E-state index contributed by atoms with van der Waals surface area (Å²) < 4.78 is 45.3. The molecule has 0 N–H and O–H groups in total. The Balaban J connectivity index is 0.000000143. The SMILES string of the molecule is CCOC(C)C(C)C.CCOC12CC3CC(CC(C3)C1)C2.CCOC1C2CC3CC(C2)CC1C3.CCOC1CC(C)CCC1C(C)C.CCOC1CCCC(C2CCCCC2)C1.CCOCC12CC3CC(CC(C3)C1)C2.CCOCC1C2CC3CC(C2)CC1C3.COC(C)C(C)C. The maximum Gasteiger partial charge on any atom is 0.0690 e. The van der Waals surface area contributed by atoms with E-state index >= 15 is 0 Å². The summed E-state index contributed by atoms with van der Waals surface area (Å²) >= 11 is 0. The smallest absolute Gasteiger partial charge is 0.0690 e. The van der Waals surface area contributed by atoms with Gasteiger partial charge in [-0.2, -0.15) is 0 Å². The summed E-state index contributed by atoms with van der Waals surface area (Å²) in [4.78, 5) is 0. The molecule has 19 fully saturated rings. The van der Waals surface area contributed by atoms with Gasteiger partial charge < -0.3 is 37.9 Å². The predicted molar refractivity (Wildman–Crippen MR) is 407 cm³/mol. The Hall–Kier alpha value is -0.320. The van der Waals surface area contributed by atoms with Gasteiger partial charge in [0.1, 0.15) is 0 Å². The van der Waals surface area contributed by atoms with Crippen molar-refractivity contribution in [1.29, 1.82) is 0 Å². The molecule has 7 unspecified atom stereocenters. The zero-order valence-electron chi connectivity index (χ0n) is 67.3. The molecule has 0 radical (unpaired) electrons. The second-order valence-corrected chi connectivity index (χ2v) is 37.5. The predicted octanol–water partition coefficient (Wildman–Crippen LogP) is 23.6. The van der Waals surface area contributed by atoms with Gasteiger partial charge in [-0.1, -0.05) is 93.4 Å². The summed E-state index contributed by atoms with van der Waals surface area (Å²) in [5.74, 6) is 21.3. The molecule has 0 amide bonds. The van der Waals surface area contributed by atoms with Gasteiger partial charge in [-0.3, -0.25) is 0 Å². The molecule has 19 aliphatic carbocycles. The van der Waals surface area contributed by atoms with Gasteiger partial charge in [0.05, 0.1) is 42.7 Å². The van der Waals surface area contributed by atoms with Gasteiger partial charge >= 0.3 is 0 Å². The normalized spacial score (nSPS) is 40.9. The Labute approximate surface area is 602 Å². The van der Waals surface area contributed by atoms with Crippen molar-refractivity contribution < 1.29 is 37.9 Å². The third-order valence-electron chi connectivity index (χ3n) is 29.1. The lowest BCUT2D eigenvalue weighted by Gasteiger charge is -2.56. The van der Waals surface area contributed by atoms with Crippen LogP contribution in [0.4, 0.5) is 0 Å². The van der Waals surface area contributed by atoms with Crippen molar-refractivity contribution in [3.05, 3.63) is 0 Å². The fraction of sp³-hybridized carbons (Fsp3) is 1.00. The van der Waals surface area contributed by atoms with Crippen LogP contribution in [0.15, 0.2) is 0 Å². The lowest BCUT2D eigenvalue weighted by atomic mass is 9.50. The van der Waals surface area contributed by atoms with Crippen molar-refractivity contribution in [2.45, 2.75) is 365 Å². The van der Waals surface area contributed by atoms with E-state index in [0.717, 1.165) is 178 Å². The van der Waals surface area contributed by atoms with Gasteiger partial charge in [-0.25, -0.2) is 0 Å². The number of hydrogen-bond donors (Lipinski definition) is 0. The molecular formula is C89H164O8. The summed E-state index contributed by atoms with van der Waals surface area (Å²) in [6.45, 7) is 43.0. The molecule has 568 valence electrons. The number of rotatable bonds is 21. The highest BCUT2D eigenvalue weighted by molar-refractivity contribution is 5.04. The Morgan fingerprint density at radius 3 is 1.25 bits per heavy atom. The maximum absolute atomic E-state index is 6.04. The molecule has 0 aromatic rings. The van der Waals surface area contributed by atoms with Crippen LogP contribution in [0.3, 0.4) is 0 Å². The molecule has 97 heavy (non-hydrogen) atoms. The Bertz CT molecular complexity index is 1950.